The summed E-state index contributed by atoms with van der Waals surface area (Å²) in [4.78, 5) is 31.7. The van der Waals surface area contributed by atoms with Gasteiger partial charge in [-0.05, 0) is 31.5 Å². The number of ether oxygens (including phenoxy) is 1. The van der Waals surface area contributed by atoms with Crippen molar-refractivity contribution in [3.05, 3.63) is 47.8 Å². The van der Waals surface area contributed by atoms with Crippen LogP contribution in [0.4, 0.5) is 11.6 Å². The number of amides is 1. The van der Waals surface area contributed by atoms with E-state index in [1.165, 1.54) is 13.1 Å². The van der Waals surface area contributed by atoms with Crippen LogP contribution in [0.25, 0.3) is 0 Å². The van der Waals surface area contributed by atoms with Crippen molar-refractivity contribution in [3.8, 4) is 0 Å². The third kappa shape index (κ3) is 5.13. The Bertz CT molecular complexity index is 718. The molecule has 0 spiro atoms. The minimum absolute atomic E-state index is 0.0243. The van der Waals surface area contributed by atoms with Crippen LogP contribution < -0.4 is 10.6 Å². The van der Waals surface area contributed by atoms with E-state index in [0.717, 1.165) is 6.42 Å². The second-order valence-corrected chi connectivity index (χ2v) is 5.13. The van der Waals surface area contributed by atoms with Crippen LogP contribution >= 0.6 is 0 Å². The molecule has 0 aliphatic heterocycles. The van der Waals surface area contributed by atoms with Crippen molar-refractivity contribution in [1.29, 1.82) is 0 Å². The molecule has 1 aromatic heterocycles. The number of hydrogen-bond donors (Lipinski definition) is 2. The summed E-state index contributed by atoms with van der Waals surface area (Å²) in [6.07, 6.45) is 2.24. The van der Waals surface area contributed by atoms with Gasteiger partial charge in [-0.3, -0.25) is 9.59 Å². The summed E-state index contributed by atoms with van der Waals surface area (Å²) in [5.74, 6) is -0.00182. The number of methoxy groups -OCH3 is 1. The van der Waals surface area contributed by atoms with E-state index in [4.69, 9.17) is 4.74 Å². The van der Waals surface area contributed by atoms with Crippen LogP contribution in [0.5, 0.6) is 0 Å². The summed E-state index contributed by atoms with van der Waals surface area (Å²) in [5.41, 5.74) is 1.54. The zero-order valence-corrected chi connectivity index (χ0v) is 13.7. The van der Waals surface area contributed by atoms with Gasteiger partial charge < -0.3 is 15.4 Å². The molecule has 126 valence electrons. The Labute approximate surface area is 140 Å². The van der Waals surface area contributed by atoms with Gasteiger partial charge in [0.05, 0.1) is 0 Å². The molecule has 1 aromatic carbocycles. The highest BCUT2D eigenvalue weighted by atomic mass is 16.5. The summed E-state index contributed by atoms with van der Waals surface area (Å²) in [6.45, 7) is 2.60. The van der Waals surface area contributed by atoms with Gasteiger partial charge >= 0.3 is 0 Å². The monoisotopic (exact) mass is 328 g/mol. The molecular formula is C17H20N4O3. The third-order valence-corrected chi connectivity index (χ3v) is 3.22. The predicted octanol–water partition coefficient (Wildman–Crippen LogP) is 2.19. The Hall–Kier alpha value is -2.80. The minimum Gasteiger partial charge on any atom is -0.385 e. The summed E-state index contributed by atoms with van der Waals surface area (Å²) in [7, 11) is 1.62. The lowest BCUT2D eigenvalue weighted by molar-refractivity contribution is 0.0942. The zero-order valence-electron chi connectivity index (χ0n) is 13.7. The topological polar surface area (TPSA) is 93.2 Å². The van der Waals surface area contributed by atoms with E-state index >= 15 is 0 Å². The molecule has 0 aliphatic rings. The van der Waals surface area contributed by atoms with Crippen LogP contribution in [0.15, 0.2) is 36.5 Å². The highest BCUT2D eigenvalue weighted by Gasteiger charge is 2.09. The molecule has 0 atom stereocenters. The van der Waals surface area contributed by atoms with Gasteiger partial charge in [-0.25, -0.2) is 9.97 Å². The summed E-state index contributed by atoms with van der Waals surface area (Å²) >= 11 is 0. The van der Waals surface area contributed by atoms with Gasteiger partial charge in [0.1, 0.15) is 5.69 Å². The fourth-order valence-electron chi connectivity index (χ4n) is 2.00. The van der Waals surface area contributed by atoms with Crippen molar-refractivity contribution in [2.45, 2.75) is 13.3 Å². The third-order valence-electron chi connectivity index (χ3n) is 3.22. The summed E-state index contributed by atoms with van der Waals surface area (Å²) < 4.78 is 4.93. The highest BCUT2D eigenvalue weighted by Crippen LogP contribution is 2.15. The maximum Gasteiger partial charge on any atom is 0.270 e. The summed E-state index contributed by atoms with van der Waals surface area (Å²) in [6, 6.07) is 8.56. The van der Waals surface area contributed by atoms with E-state index in [1.54, 1.807) is 37.4 Å². The molecule has 1 heterocycles. The number of carbonyl (C=O) groups is 2. The molecule has 0 saturated heterocycles. The van der Waals surface area contributed by atoms with Crippen molar-refractivity contribution in [3.63, 3.8) is 0 Å². The normalized spacial score (nSPS) is 10.2. The van der Waals surface area contributed by atoms with Gasteiger partial charge in [-0.2, -0.15) is 0 Å². The number of benzene rings is 1. The highest BCUT2D eigenvalue weighted by molar-refractivity contribution is 5.95. The second kappa shape index (κ2) is 8.73. The number of Topliss-reactive ketones (excluding diaryl/α,β-unsaturated/α-hetero) is 1. The molecule has 2 aromatic rings. The van der Waals surface area contributed by atoms with Crippen molar-refractivity contribution >= 4 is 23.3 Å². The van der Waals surface area contributed by atoms with E-state index < -0.39 is 0 Å². The molecule has 0 unspecified atom stereocenters. The van der Waals surface area contributed by atoms with Gasteiger partial charge in [-0.15, -0.1) is 0 Å². The number of nitrogens with one attached hydrogen (secondary N) is 2. The smallest absolute Gasteiger partial charge is 0.270 e. The number of carbonyl (C=O) groups excluding carboxylic acids is 2. The van der Waals surface area contributed by atoms with Gasteiger partial charge in [0.25, 0.3) is 5.91 Å². The van der Waals surface area contributed by atoms with E-state index in [-0.39, 0.29) is 17.4 Å². The Morgan fingerprint density at radius 3 is 2.83 bits per heavy atom. The van der Waals surface area contributed by atoms with Crippen molar-refractivity contribution in [2.75, 3.05) is 25.6 Å². The first-order valence-corrected chi connectivity index (χ1v) is 7.58. The number of nitrogens with zero attached hydrogens (tertiary/aromatic N) is 2. The van der Waals surface area contributed by atoms with Crippen LogP contribution in [0.3, 0.4) is 0 Å². The zero-order chi connectivity index (χ0) is 17.4. The Kier molecular flexibility index (Phi) is 6.39. The molecule has 0 aliphatic carbocycles. The lowest BCUT2D eigenvalue weighted by atomic mass is 10.1. The lowest BCUT2D eigenvalue weighted by Crippen LogP contribution is -2.26. The van der Waals surface area contributed by atoms with Crippen LogP contribution in [-0.4, -0.2) is 41.9 Å². The predicted molar refractivity (Wildman–Crippen MR) is 90.6 cm³/mol. The van der Waals surface area contributed by atoms with E-state index in [9.17, 15) is 9.59 Å². The molecule has 7 heteroatoms. The van der Waals surface area contributed by atoms with Gasteiger partial charge in [0.2, 0.25) is 5.95 Å². The van der Waals surface area contributed by atoms with Crippen LogP contribution in [0.2, 0.25) is 0 Å². The second-order valence-electron chi connectivity index (χ2n) is 5.13. The molecular weight excluding hydrogens is 308 g/mol. The molecule has 0 bridgehead atoms. The number of ketones is 1. The van der Waals surface area contributed by atoms with Gasteiger partial charge in [-0.1, -0.05) is 12.1 Å². The summed E-state index contributed by atoms with van der Waals surface area (Å²) in [5, 5.41) is 5.76. The van der Waals surface area contributed by atoms with Crippen molar-refractivity contribution in [1.82, 2.24) is 15.3 Å². The standard InChI is InChI=1S/C17H20N4O3/c1-12(22)13-5-3-6-14(11-13)20-17-19-9-7-15(21-17)16(23)18-8-4-10-24-2/h3,5-7,9,11H,4,8,10H2,1-2H3,(H,18,23)(H,19,20,21). The molecule has 0 saturated carbocycles. The van der Waals surface area contributed by atoms with Gasteiger partial charge in [0.15, 0.2) is 5.78 Å². The average Bonchev–Trinajstić information content (AvgIpc) is 2.59. The fraction of sp³-hybridized carbons (Fsp3) is 0.294. The Balaban J connectivity index is 2.03. The van der Waals surface area contributed by atoms with Gasteiger partial charge in [0, 0.05) is 37.7 Å². The maximum atomic E-state index is 12.0. The van der Waals surface area contributed by atoms with E-state index in [1.807, 2.05) is 0 Å². The van der Waals surface area contributed by atoms with E-state index in [2.05, 4.69) is 20.6 Å². The fourth-order valence-corrected chi connectivity index (χ4v) is 2.00. The van der Waals surface area contributed by atoms with Crippen molar-refractivity contribution in [2.24, 2.45) is 0 Å². The first kappa shape index (κ1) is 17.6. The maximum absolute atomic E-state index is 12.0. The molecule has 1 amide bonds. The van der Waals surface area contributed by atoms with E-state index in [0.29, 0.717) is 30.4 Å². The number of aromatic nitrogens is 2. The molecule has 0 radical (unpaired) electrons. The SMILES string of the molecule is COCCCNC(=O)c1ccnc(Nc2cccc(C(C)=O)c2)n1. The van der Waals surface area contributed by atoms with Crippen molar-refractivity contribution < 1.29 is 14.3 Å². The Morgan fingerprint density at radius 2 is 2.08 bits per heavy atom. The molecule has 7 nitrogen and oxygen atoms in total. The first-order chi connectivity index (χ1) is 11.6. The number of hydrogen-bond acceptors (Lipinski definition) is 6. The average molecular weight is 328 g/mol. The molecule has 24 heavy (non-hydrogen) atoms. The molecule has 2 rings (SSSR count). The molecule has 0 fully saturated rings. The van der Waals surface area contributed by atoms with Crippen LogP contribution in [-0.2, 0) is 4.74 Å². The minimum atomic E-state index is -0.269. The first-order valence-electron chi connectivity index (χ1n) is 7.58. The van der Waals surface area contributed by atoms with Crippen LogP contribution in [0, 0.1) is 0 Å². The Morgan fingerprint density at radius 1 is 1.25 bits per heavy atom. The lowest BCUT2D eigenvalue weighted by Gasteiger charge is -2.08. The quantitative estimate of drug-likeness (QED) is 0.570. The number of anilines is 2. The van der Waals surface area contributed by atoms with Crippen LogP contribution in [0.1, 0.15) is 34.2 Å². The molecule has 2 N–H and O–H groups in total. The number of rotatable bonds is 8. The largest absolute Gasteiger partial charge is 0.385 e.